The first-order valence-electron chi connectivity index (χ1n) is 7.28. The molecule has 126 valence electrons. The van der Waals surface area contributed by atoms with Crippen LogP contribution in [0.25, 0.3) is 0 Å². The Hall–Kier alpha value is -3.00. The van der Waals surface area contributed by atoms with Crippen molar-refractivity contribution in [2.45, 2.75) is 13.3 Å². The van der Waals surface area contributed by atoms with E-state index in [2.05, 4.69) is 20.6 Å². The third-order valence-corrected chi connectivity index (χ3v) is 3.23. The van der Waals surface area contributed by atoms with Crippen molar-refractivity contribution in [1.29, 1.82) is 0 Å². The summed E-state index contributed by atoms with van der Waals surface area (Å²) in [5, 5.41) is 5.42. The van der Waals surface area contributed by atoms with Crippen molar-refractivity contribution < 1.29 is 14.3 Å². The highest BCUT2D eigenvalue weighted by Gasteiger charge is 2.12. The maximum absolute atomic E-state index is 12.4. The van der Waals surface area contributed by atoms with Gasteiger partial charge in [-0.25, -0.2) is 9.97 Å². The Labute approximate surface area is 139 Å². The Kier molecular flexibility index (Phi) is 5.80. The maximum Gasteiger partial charge on any atom is 0.256 e. The molecule has 24 heavy (non-hydrogen) atoms. The van der Waals surface area contributed by atoms with Gasteiger partial charge in [0.25, 0.3) is 5.91 Å². The van der Waals surface area contributed by atoms with Crippen molar-refractivity contribution >= 4 is 29.1 Å². The molecule has 0 bridgehead atoms. The van der Waals surface area contributed by atoms with Gasteiger partial charge in [0.15, 0.2) is 0 Å². The lowest BCUT2D eigenvalue weighted by molar-refractivity contribution is -0.117. The number of amides is 2. The molecule has 0 unspecified atom stereocenters. The number of hydrogen-bond donors (Lipinski definition) is 3. The minimum absolute atomic E-state index is 0.130. The molecule has 0 aliphatic carbocycles. The monoisotopic (exact) mass is 329 g/mol. The Balaban J connectivity index is 2.11. The van der Waals surface area contributed by atoms with Crippen LogP contribution in [0.4, 0.5) is 17.3 Å². The molecular formula is C16H19N5O3. The van der Waals surface area contributed by atoms with Crippen LogP contribution >= 0.6 is 0 Å². The van der Waals surface area contributed by atoms with E-state index in [1.54, 1.807) is 18.2 Å². The van der Waals surface area contributed by atoms with E-state index in [0.29, 0.717) is 23.5 Å². The summed E-state index contributed by atoms with van der Waals surface area (Å²) >= 11 is 0. The molecule has 0 saturated carbocycles. The zero-order valence-electron chi connectivity index (χ0n) is 13.5. The first-order valence-corrected chi connectivity index (χ1v) is 7.28. The number of benzene rings is 1. The fourth-order valence-corrected chi connectivity index (χ4v) is 1.96. The maximum atomic E-state index is 12.4. The van der Waals surface area contributed by atoms with E-state index in [0.717, 1.165) is 5.56 Å². The Morgan fingerprint density at radius 2 is 1.88 bits per heavy atom. The van der Waals surface area contributed by atoms with Gasteiger partial charge in [0, 0.05) is 18.4 Å². The van der Waals surface area contributed by atoms with Gasteiger partial charge in [-0.3, -0.25) is 9.59 Å². The van der Waals surface area contributed by atoms with Crippen molar-refractivity contribution in [2.75, 3.05) is 30.1 Å². The number of rotatable bonds is 6. The van der Waals surface area contributed by atoms with Crippen LogP contribution in [0, 0.1) is 6.92 Å². The van der Waals surface area contributed by atoms with Crippen LogP contribution in [-0.4, -0.2) is 35.5 Å². The van der Waals surface area contributed by atoms with Crippen LogP contribution in [0.3, 0.4) is 0 Å². The van der Waals surface area contributed by atoms with Crippen LogP contribution < -0.4 is 16.4 Å². The first kappa shape index (κ1) is 17.4. The standard InChI is InChI=1S/C16H19N5O3/c1-10-3-4-11(20-14(22)5-6-24-2)7-13(10)15(23)21-12-8-18-16(17)19-9-12/h3-4,7-9H,5-6H2,1-2H3,(H,20,22)(H,21,23)(H2,17,18,19). The molecule has 1 aromatic carbocycles. The predicted octanol–water partition coefficient (Wildman–Crippen LogP) is 1.59. The fraction of sp³-hybridized carbons (Fsp3) is 0.250. The number of carbonyl (C=O) groups is 2. The van der Waals surface area contributed by atoms with Gasteiger partial charge in [0.05, 0.1) is 31.1 Å². The molecule has 0 spiro atoms. The molecule has 8 heteroatoms. The van der Waals surface area contributed by atoms with E-state index in [-0.39, 0.29) is 24.2 Å². The van der Waals surface area contributed by atoms with Crippen molar-refractivity contribution in [2.24, 2.45) is 0 Å². The summed E-state index contributed by atoms with van der Waals surface area (Å²) in [6.07, 6.45) is 3.09. The van der Waals surface area contributed by atoms with Gasteiger partial charge in [0.2, 0.25) is 11.9 Å². The van der Waals surface area contributed by atoms with Crippen LogP contribution in [0.1, 0.15) is 22.3 Å². The average molecular weight is 329 g/mol. The second-order valence-corrected chi connectivity index (χ2v) is 5.10. The van der Waals surface area contributed by atoms with Gasteiger partial charge < -0.3 is 21.1 Å². The fourth-order valence-electron chi connectivity index (χ4n) is 1.96. The highest BCUT2D eigenvalue weighted by Crippen LogP contribution is 2.17. The lowest BCUT2D eigenvalue weighted by atomic mass is 10.1. The summed E-state index contributed by atoms with van der Waals surface area (Å²) < 4.78 is 4.86. The summed E-state index contributed by atoms with van der Waals surface area (Å²) in [5.41, 5.74) is 7.60. The summed E-state index contributed by atoms with van der Waals surface area (Å²) in [6.45, 7) is 2.15. The smallest absolute Gasteiger partial charge is 0.256 e. The topological polar surface area (TPSA) is 119 Å². The van der Waals surface area contributed by atoms with Crippen LogP contribution in [0.5, 0.6) is 0 Å². The number of nitrogens with zero attached hydrogens (tertiary/aromatic N) is 2. The summed E-state index contributed by atoms with van der Waals surface area (Å²) in [6, 6.07) is 5.12. The Morgan fingerprint density at radius 3 is 2.54 bits per heavy atom. The Bertz CT molecular complexity index is 731. The Morgan fingerprint density at radius 1 is 1.17 bits per heavy atom. The highest BCUT2D eigenvalue weighted by atomic mass is 16.5. The molecule has 8 nitrogen and oxygen atoms in total. The molecule has 1 heterocycles. The van der Waals surface area contributed by atoms with E-state index < -0.39 is 0 Å². The van der Waals surface area contributed by atoms with Gasteiger partial charge >= 0.3 is 0 Å². The molecule has 1 aromatic heterocycles. The summed E-state index contributed by atoms with van der Waals surface area (Å²) in [7, 11) is 1.53. The molecule has 2 aromatic rings. The second-order valence-electron chi connectivity index (χ2n) is 5.10. The van der Waals surface area contributed by atoms with Crippen LogP contribution in [0.2, 0.25) is 0 Å². The quantitative estimate of drug-likeness (QED) is 0.740. The average Bonchev–Trinajstić information content (AvgIpc) is 2.56. The number of aromatic nitrogens is 2. The molecular weight excluding hydrogens is 310 g/mol. The van der Waals surface area contributed by atoms with Crippen molar-refractivity contribution in [1.82, 2.24) is 9.97 Å². The molecule has 0 radical (unpaired) electrons. The molecule has 4 N–H and O–H groups in total. The number of hydrogen-bond acceptors (Lipinski definition) is 6. The number of aryl methyl sites for hydroxylation is 1. The van der Waals surface area contributed by atoms with E-state index in [4.69, 9.17) is 10.5 Å². The summed E-state index contributed by atoms with van der Waals surface area (Å²) in [5.74, 6) is -0.377. The molecule has 0 aliphatic rings. The number of carbonyl (C=O) groups excluding carboxylic acids is 2. The second kappa shape index (κ2) is 8.02. The molecule has 0 atom stereocenters. The van der Waals surface area contributed by atoms with Crippen LogP contribution in [0.15, 0.2) is 30.6 Å². The molecule has 0 saturated heterocycles. The largest absolute Gasteiger partial charge is 0.384 e. The van der Waals surface area contributed by atoms with Gasteiger partial charge in [0.1, 0.15) is 0 Å². The lowest BCUT2D eigenvalue weighted by Crippen LogP contribution is -2.16. The predicted molar refractivity (Wildman–Crippen MR) is 90.7 cm³/mol. The zero-order chi connectivity index (χ0) is 17.5. The summed E-state index contributed by atoms with van der Waals surface area (Å²) in [4.78, 5) is 31.8. The number of nitrogens with one attached hydrogen (secondary N) is 2. The van der Waals surface area contributed by atoms with Gasteiger partial charge in [-0.2, -0.15) is 0 Å². The third-order valence-electron chi connectivity index (χ3n) is 3.23. The van der Waals surface area contributed by atoms with E-state index in [9.17, 15) is 9.59 Å². The number of anilines is 3. The van der Waals surface area contributed by atoms with E-state index >= 15 is 0 Å². The minimum Gasteiger partial charge on any atom is -0.384 e. The van der Waals surface area contributed by atoms with E-state index in [1.807, 2.05) is 6.92 Å². The SMILES string of the molecule is COCCC(=O)Nc1ccc(C)c(C(=O)Nc2cnc(N)nc2)c1. The minimum atomic E-state index is -0.325. The molecule has 2 amide bonds. The van der Waals surface area contributed by atoms with Crippen LogP contribution in [-0.2, 0) is 9.53 Å². The van der Waals surface area contributed by atoms with Gasteiger partial charge in [-0.1, -0.05) is 6.07 Å². The first-order chi connectivity index (χ1) is 11.5. The number of methoxy groups -OCH3 is 1. The lowest BCUT2D eigenvalue weighted by Gasteiger charge is -2.10. The third kappa shape index (κ3) is 4.75. The normalized spacial score (nSPS) is 10.2. The molecule has 0 aliphatic heterocycles. The molecule has 0 fully saturated rings. The molecule has 2 rings (SSSR count). The van der Waals surface area contributed by atoms with Gasteiger partial charge in [-0.05, 0) is 24.6 Å². The van der Waals surface area contributed by atoms with E-state index in [1.165, 1.54) is 19.5 Å². The van der Waals surface area contributed by atoms with Crippen molar-refractivity contribution in [3.05, 3.63) is 41.7 Å². The highest BCUT2D eigenvalue weighted by molar-refractivity contribution is 6.06. The van der Waals surface area contributed by atoms with Crippen molar-refractivity contribution in [3.8, 4) is 0 Å². The van der Waals surface area contributed by atoms with Crippen molar-refractivity contribution in [3.63, 3.8) is 0 Å². The number of nitrogens with two attached hydrogens (primary N) is 1. The number of ether oxygens (including phenoxy) is 1. The van der Waals surface area contributed by atoms with Gasteiger partial charge in [-0.15, -0.1) is 0 Å². The zero-order valence-corrected chi connectivity index (χ0v) is 13.5. The number of nitrogen functional groups attached to an aromatic ring is 1.